The molecule has 7 aromatic carbocycles. The molecule has 198 valence electrons. The Balaban J connectivity index is 1.40. The largest absolute Gasteiger partial charge is 0.309 e. The minimum absolute atomic E-state index is 0.821. The number of pyridine rings is 1. The SMILES string of the molecule is O=P(c1ccccc1)(c1ccccc1)c1ccc(-c2c3cc4ccccc4cc3nc3c2ccc2ccccc23)cc1. The van der Waals surface area contributed by atoms with Gasteiger partial charge in [-0.15, -0.1) is 0 Å². The molecule has 1 heterocycles. The minimum Gasteiger partial charge on any atom is -0.309 e. The molecule has 0 unspecified atom stereocenters. The number of hydrogen-bond acceptors (Lipinski definition) is 2. The lowest BCUT2D eigenvalue weighted by Crippen LogP contribution is -2.24. The molecule has 3 heteroatoms. The molecule has 42 heavy (non-hydrogen) atoms. The minimum atomic E-state index is -3.06. The Morgan fingerprint density at radius 2 is 0.976 bits per heavy atom. The molecule has 0 bridgehead atoms. The van der Waals surface area contributed by atoms with Crippen molar-refractivity contribution in [1.29, 1.82) is 0 Å². The average molecular weight is 556 g/mol. The van der Waals surface area contributed by atoms with Crippen LogP contribution >= 0.6 is 7.14 Å². The second-order valence-electron chi connectivity index (χ2n) is 10.7. The first-order chi connectivity index (χ1) is 20.7. The zero-order valence-corrected chi connectivity index (χ0v) is 23.7. The van der Waals surface area contributed by atoms with Crippen LogP contribution < -0.4 is 15.9 Å². The Labute approximate surface area is 244 Å². The van der Waals surface area contributed by atoms with E-state index in [9.17, 15) is 4.57 Å². The van der Waals surface area contributed by atoms with Crippen molar-refractivity contribution >= 4 is 66.4 Å². The third-order valence-electron chi connectivity index (χ3n) is 8.29. The number of benzene rings is 7. The van der Waals surface area contributed by atoms with Crippen molar-refractivity contribution in [3.63, 3.8) is 0 Å². The Hall–Kier alpha value is -5.04. The summed E-state index contributed by atoms with van der Waals surface area (Å²) in [6.07, 6.45) is 0. The fraction of sp³-hybridized carbons (Fsp3) is 0. The predicted octanol–water partition coefficient (Wildman–Crippen LogP) is 9.00. The molecular formula is C39H26NOP. The maximum absolute atomic E-state index is 15.0. The van der Waals surface area contributed by atoms with Crippen LogP contribution in [-0.4, -0.2) is 4.98 Å². The lowest BCUT2D eigenvalue weighted by Gasteiger charge is -2.20. The van der Waals surface area contributed by atoms with E-state index in [0.717, 1.165) is 54.2 Å². The lowest BCUT2D eigenvalue weighted by atomic mass is 9.93. The Morgan fingerprint density at radius 3 is 1.64 bits per heavy atom. The summed E-state index contributed by atoms with van der Waals surface area (Å²) in [5, 5.41) is 9.38. The van der Waals surface area contributed by atoms with Crippen LogP contribution in [0.4, 0.5) is 0 Å². The molecule has 0 aliphatic carbocycles. The molecule has 8 aromatic rings. The van der Waals surface area contributed by atoms with Gasteiger partial charge in [-0.05, 0) is 33.9 Å². The molecule has 0 spiro atoms. The van der Waals surface area contributed by atoms with Crippen molar-refractivity contribution in [2.45, 2.75) is 0 Å². The summed E-state index contributed by atoms with van der Waals surface area (Å²) in [4.78, 5) is 5.23. The van der Waals surface area contributed by atoms with Gasteiger partial charge in [0.1, 0.15) is 0 Å². The highest BCUT2D eigenvalue weighted by molar-refractivity contribution is 7.85. The second kappa shape index (κ2) is 9.80. The van der Waals surface area contributed by atoms with Gasteiger partial charge >= 0.3 is 0 Å². The van der Waals surface area contributed by atoms with Crippen molar-refractivity contribution in [3.8, 4) is 11.1 Å². The van der Waals surface area contributed by atoms with Crippen LogP contribution in [0.15, 0.2) is 158 Å². The van der Waals surface area contributed by atoms with Crippen LogP contribution in [0, 0.1) is 0 Å². The first kappa shape index (κ1) is 24.7. The number of hydrogen-bond donors (Lipinski definition) is 0. The van der Waals surface area contributed by atoms with Crippen LogP contribution in [0.1, 0.15) is 0 Å². The number of fused-ring (bicyclic) bond motifs is 5. The molecule has 0 saturated heterocycles. The van der Waals surface area contributed by atoms with Crippen LogP contribution in [0.25, 0.3) is 54.5 Å². The molecule has 0 aliphatic heterocycles. The van der Waals surface area contributed by atoms with Crippen molar-refractivity contribution in [2.75, 3.05) is 0 Å². The van der Waals surface area contributed by atoms with E-state index in [1.54, 1.807) is 0 Å². The van der Waals surface area contributed by atoms with E-state index >= 15 is 0 Å². The molecule has 2 nitrogen and oxygen atoms in total. The van der Waals surface area contributed by atoms with Gasteiger partial charge in [0.25, 0.3) is 0 Å². The van der Waals surface area contributed by atoms with E-state index in [0.29, 0.717) is 0 Å². The van der Waals surface area contributed by atoms with Crippen LogP contribution in [0.3, 0.4) is 0 Å². The van der Waals surface area contributed by atoms with E-state index in [1.807, 2.05) is 60.7 Å². The first-order valence-electron chi connectivity index (χ1n) is 14.2. The number of rotatable bonds is 4. The van der Waals surface area contributed by atoms with Crippen LogP contribution in [0.5, 0.6) is 0 Å². The summed E-state index contributed by atoms with van der Waals surface area (Å²) < 4.78 is 15.0. The standard InChI is InChI=1S/C39H26NOP/c41-42(31-14-3-1-4-15-31,32-16-5-2-6-17-32)33-22-19-28(20-23-33)38-35-24-21-27-11-9-10-18-34(27)39(35)40-37-26-30-13-8-7-12-29(30)25-36(37)38/h1-26H. The molecule has 0 atom stereocenters. The second-order valence-corrected chi connectivity index (χ2v) is 13.5. The quantitative estimate of drug-likeness (QED) is 0.123. The third-order valence-corrected chi connectivity index (χ3v) is 11.4. The molecule has 0 fully saturated rings. The number of aromatic nitrogens is 1. The van der Waals surface area contributed by atoms with Gasteiger partial charge in [-0.2, -0.15) is 0 Å². The van der Waals surface area contributed by atoms with Crippen molar-refractivity contribution in [2.24, 2.45) is 0 Å². The van der Waals surface area contributed by atoms with Crippen molar-refractivity contribution in [1.82, 2.24) is 4.98 Å². The summed E-state index contributed by atoms with van der Waals surface area (Å²) in [7, 11) is -3.06. The van der Waals surface area contributed by atoms with Crippen LogP contribution in [-0.2, 0) is 4.57 Å². The van der Waals surface area contributed by atoms with Gasteiger partial charge in [0.2, 0.25) is 0 Å². The van der Waals surface area contributed by atoms with Gasteiger partial charge in [-0.1, -0.05) is 146 Å². The summed E-state index contributed by atoms with van der Waals surface area (Å²) in [5.74, 6) is 0. The fourth-order valence-corrected chi connectivity index (χ4v) is 8.88. The van der Waals surface area contributed by atoms with E-state index in [2.05, 4.69) is 97.1 Å². The van der Waals surface area contributed by atoms with Gasteiger partial charge in [0.15, 0.2) is 7.14 Å². The van der Waals surface area contributed by atoms with Gasteiger partial charge < -0.3 is 4.57 Å². The molecule has 1 aromatic heterocycles. The molecule has 8 rings (SSSR count). The topological polar surface area (TPSA) is 30.0 Å². The smallest absolute Gasteiger partial charge is 0.171 e. The van der Waals surface area contributed by atoms with E-state index < -0.39 is 7.14 Å². The zero-order valence-electron chi connectivity index (χ0n) is 22.8. The van der Waals surface area contributed by atoms with Gasteiger partial charge in [-0.25, -0.2) is 4.98 Å². The Bertz CT molecular complexity index is 2260. The normalized spacial score (nSPS) is 11.9. The third kappa shape index (κ3) is 3.88. The maximum Gasteiger partial charge on any atom is 0.171 e. The highest BCUT2D eigenvalue weighted by Crippen LogP contribution is 2.44. The van der Waals surface area contributed by atoms with Crippen LogP contribution in [0.2, 0.25) is 0 Å². The van der Waals surface area contributed by atoms with Crippen molar-refractivity contribution < 1.29 is 4.57 Å². The maximum atomic E-state index is 15.0. The zero-order chi connectivity index (χ0) is 28.1. The highest BCUT2D eigenvalue weighted by Gasteiger charge is 2.29. The van der Waals surface area contributed by atoms with Gasteiger partial charge in [0, 0.05) is 37.6 Å². The van der Waals surface area contributed by atoms with E-state index in [-0.39, 0.29) is 0 Å². The van der Waals surface area contributed by atoms with Gasteiger partial charge in [0.05, 0.1) is 11.0 Å². The fourth-order valence-electron chi connectivity index (χ4n) is 6.24. The van der Waals surface area contributed by atoms with E-state index in [4.69, 9.17) is 4.98 Å². The number of nitrogens with zero attached hydrogens (tertiary/aromatic N) is 1. The average Bonchev–Trinajstić information content (AvgIpc) is 3.07. The Kier molecular flexibility index (Phi) is 5.77. The molecule has 0 radical (unpaired) electrons. The highest BCUT2D eigenvalue weighted by atomic mass is 31.2. The molecule has 0 amide bonds. The lowest BCUT2D eigenvalue weighted by molar-refractivity contribution is 0.592. The van der Waals surface area contributed by atoms with Crippen molar-refractivity contribution in [3.05, 3.63) is 158 Å². The predicted molar refractivity (Wildman–Crippen MR) is 179 cm³/mol. The molecule has 0 N–H and O–H groups in total. The van der Waals surface area contributed by atoms with E-state index in [1.165, 1.54) is 16.2 Å². The monoisotopic (exact) mass is 555 g/mol. The molecule has 0 saturated carbocycles. The summed E-state index contributed by atoms with van der Waals surface area (Å²) >= 11 is 0. The molecule has 0 aliphatic rings. The van der Waals surface area contributed by atoms with Gasteiger partial charge in [-0.3, -0.25) is 0 Å². The Morgan fingerprint density at radius 1 is 0.429 bits per heavy atom. The molecular weight excluding hydrogens is 529 g/mol. The summed E-state index contributed by atoms with van der Waals surface area (Å²) in [6.45, 7) is 0. The summed E-state index contributed by atoms with van der Waals surface area (Å²) in [6, 6.07) is 53.8. The first-order valence-corrected chi connectivity index (χ1v) is 15.9. The summed E-state index contributed by atoms with van der Waals surface area (Å²) in [5.41, 5.74) is 4.19.